The van der Waals surface area contributed by atoms with Crippen molar-refractivity contribution in [1.29, 1.82) is 0 Å². The van der Waals surface area contributed by atoms with E-state index in [-0.39, 0.29) is 28.0 Å². The maximum Gasteiger partial charge on any atom is 0.335 e. The molecule has 3 aromatic rings. The molecule has 4 rings (SSSR count). The molecule has 0 unspecified atom stereocenters. The number of amides is 4. The van der Waals surface area contributed by atoms with Crippen LogP contribution in [0.15, 0.2) is 63.5 Å². The first-order valence-corrected chi connectivity index (χ1v) is 8.64. The predicted octanol–water partition coefficient (Wildman–Crippen LogP) is 2.82. The van der Waals surface area contributed by atoms with Crippen LogP contribution in [-0.2, 0) is 9.59 Å². The van der Waals surface area contributed by atoms with Gasteiger partial charge in [0.05, 0.1) is 16.6 Å². The molecule has 29 heavy (non-hydrogen) atoms. The summed E-state index contributed by atoms with van der Waals surface area (Å²) < 4.78 is 5.34. The molecular formula is C20H11ClN2O6. The Kier molecular flexibility index (Phi) is 4.40. The van der Waals surface area contributed by atoms with E-state index in [1.54, 1.807) is 0 Å². The van der Waals surface area contributed by atoms with Gasteiger partial charge in [-0.2, -0.15) is 0 Å². The fraction of sp³-hybridized carbons (Fsp3) is 0. The predicted molar refractivity (Wildman–Crippen MR) is 105 cm³/mol. The quantitative estimate of drug-likeness (QED) is 0.495. The third-order valence-corrected chi connectivity index (χ3v) is 4.52. The normalized spacial score (nSPS) is 15.8. The number of phenolic OH excluding ortho intramolecular Hbond substituents is 1. The van der Waals surface area contributed by atoms with Gasteiger partial charge in [0.1, 0.15) is 23.2 Å². The third kappa shape index (κ3) is 3.26. The van der Waals surface area contributed by atoms with Gasteiger partial charge in [0.2, 0.25) is 0 Å². The molecular weight excluding hydrogens is 400 g/mol. The fourth-order valence-electron chi connectivity index (χ4n) is 2.87. The highest BCUT2D eigenvalue weighted by atomic mass is 35.5. The molecule has 0 spiro atoms. The van der Waals surface area contributed by atoms with Crippen molar-refractivity contribution < 1.29 is 23.9 Å². The number of hydrogen-bond donors (Lipinski definition) is 2. The van der Waals surface area contributed by atoms with E-state index in [2.05, 4.69) is 5.32 Å². The first-order chi connectivity index (χ1) is 13.8. The smallest absolute Gasteiger partial charge is 0.335 e. The number of barbiturate groups is 1. The minimum atomic E-state index is -0.944. The summed E-state index contributed by atoms with van der Waals surface area (Å²) >= 11 is 5.83. The minimum Gasteiger partial charge on any atom is -0.508 e. The summed E-state index contributed by atoms with van der Waals surface area (Å²) in [5.41, 5.74) is -0.637. The van der Waals surface area contributed by atoms with Gasteiger partial charge in [-0.1, -0.05) is 11.6 Å². The lowest BCUT2D eigenvalue weighted by Gasteiger charge is -2.26. The van der Waals surface area contributed by atoms with E-state index in [1.807, 2.05) is 0 Å². The van der Waals surface area contributed by atoms with Gasteiger partial charge in [0.25, 0.3) is 11.8 Å². The van der Waals surface area contributed by atoms with Gasteiger partial charge in [-0.25, -0.2) is 9.69 Å². The molecule has 0 saturated carbocycles. The molecule has 0 radical (unpaired) electrons. The summed E-state index contributed by atoms with van der Waals surface area (Å²) in [6.07, 6.45) is 2.14. The molecule has 2 N–H and O–H groups in total. The van der Waals surface area contributed by atoms with E-state index >= 15 is 0 Å². The van der Waals surface area contributed by atoms with Crippen molar-refractivity contribution in [2.75, 3.05) is 4.90 Å². The van der Waals surface area contributed by atoms with Crippen molar-refractivity contribution in [3.05, 3.63) is 75.1 Å². The summed E-state index contributed by atoms with van der Waals surface area (Å²) in [7, 11) is 0. The number of urea groups is 1. The third-order valence-electron chi connectivity index (χ3n) is 4.27. The zero-order valence-electron chi connectivity index (χ0n) is 14.5. The van der Waals surface area contributed by atoms with E-state index in [0.29, 0.717) is 5.02 Å². The number of benzene rings is 2. The Labute approximate surface area is 167 Å². The van der Waals surface area contributed by atoms with Crippen LogP contribution < -0.4 is 15.6 Å². The summed E-state index contributed by atoms with van der Waals surface area (Å²) in [6.45, 7) is 0. The van der Waals surface area contributed by atoms with Gasteiger partial charge >= 0.3 is 6.03 Å². The molecule has 1 saturated heterocycles. The molecule has 144 valence electrons. The average Bonchev–Trinajstić information content (AvgIpc) is 2.68. The number of fused-ring (bicyclic) bond motifs is 1. The Morgan fingerprint density at radius 2 is 1.76 bits per heavy atom. The lowest BCUT2D eigenvalue weighted by Crippen LogP contribution is -2.54. The standard InChI is InChI=1S/C20H11ClN2O6/c21-11-1-3-12(4-2-11)23-19(27)15(18(26)22-20(23)28)7-10-9-29-16-6-5-13(24)8-14(16)17(10)25/h1-9,24H,(H,22,26,28)/b15-7-. The molecule has 0 atom stereocenters. The highest BCUT2D eigenvalue weighted by Gasteiger charge is 2.37. The number of rotatable bonds is 2. The molecule has 1 fully saturated rings. The number of hydrogen-bond acceptors (Lipinski definition) is 6. The van der Waals surface area contributed by atoms with E-state index in [1.165, 1.54) is 42.5 Å². The van der Waals surface area contributed by atoms with Gasteiger partial charge in [-0.15, -0.1) is 0 Å². The van der Waals surface area contributed by atoms with Crippen molar-refractivity contribution in [2.45, 2.75) is 0 Å². The van der Waals surface area contributed by atoms with Crippen molar-refractivity contribution in [1.82, 2.24) is 5.32 Å². The molecule has 2 aromatic carbocycles. The highest BCUT2D eigenvalue weighted by molar-refractivity contribution is 6.39. The first kappa shape index (κ1) is 18.5. The highest BCUT2D eigenvalue weighted by Crippen LogP contribution is 2.24. The van der Waals surface area contributed by atoms with Crippen molar-refractivity contribution in [3.8, 4) is 5.75 Å². The maximum atomic E-state index is 12.8. The summed E-state index contributed by atoms with van der Waals surface area (Å²) in [4.78, 5) is 50.7. The summed E-state index contributed by atoms with van der Waals surface area (Å²) in [5.74, 6) is -1.99. The Bertz CT molecular complexity index is 1280. The number of nitrogens with zero attached hydrogens (tertiary/aromatic N) is 1. The van der Waals surface area contributed by atoms with Gasteiger partial charge in [0.15, 0.2) is 5.43 Å². The van der Waals surface area contributed by atoms with Crippen LogP contribution in [0.2, 0.25) is 5.02 Å². The number of nitrogens with one attached hydrogen (secondary N) is 1. The lowest BCUT2D eigenvalue weighted by molar-refractivity contribution is -0.122. The minimum absolute atomic E-state index is 0.0775. The molecule has 4 amide bonds. The first-order valence-electron chi connectivity index (χ1n) is 8.27. The van der Waals surface area contributed by atoms with Gasteiger partial charge in [-0.3, -0.25) is 19.7 Å². The van der Waals surface area contributed by atoms with Crippen LogP contribution in [0.1, 0.15) is 5.56 Å². The Balaban J connectivity index is 1.81. The average molecular weight is 411 g/mol. The molecule has 0 aliphatic carbocycles. The van der Waals surface area contributed by atoms with Crippen LogP contribution in [0.25, 0.3) is 17.0 Å². The second kappa shape index (κ2) is 6.92. The SMILES string of the molecule is O=C1NC(=O)N(c2ccc(Cl)cc2)C(=O)/C1=C\c1coc2ccc(O)cc2c1=O. The number of aromatic hydroxyl groups is 1. The van der Waals surface area contributed by atoms with E-state index < -0.39 is 28.8 Å². The Morgan fingerprint density at radius 1 is 1.03 bits per heavy atom. The van der Waals surface area contributed by atoms with Crippen LogP contribution in [0.5, 0.6) is 5.75 Å². The Morgan fingerprint density at radius 3 is 2.48 bits per heavy atom. The van der Waals surface area contributed by atoms with Crippen LogP contribution in [0.3, 0.4) is 0 Å². The number of carbonyl (C=O) groups is 3. The molecule has 9 heteroatoms. The molecule has 1 aliphatic rings. The van der Waals surface area contributed by atoms with Crippen molar-refractivity contribution in [3.63, 3.8) is 0 Å². The monoisotopic (exact) mass is 410 g/mol. The van der Waals surface area contributed by atoms with Crippen molar-refractivity contribution in [2.24, 2.45) is 0 Å². The summed E-state index contributed by atoms with van der Waals surface area (Å²) in [5, 5.41) is 12.1. The molecule has 1 aliphatic heterocycles. The van der Waals surface area contributed by atoms with Crippen molar-refractivity contribution >= 4 is 52.2 Å². The van der Waals surface area contributed by atoms with Gasteiger partial charge in [0, 0.05) is 5.02 Å². The summed E-state index contributed by atoms with van der Waals surface area (Å²) in [6, 6.07) is 8.94. The number of imide groups is 2. The van der Waals surface area contributed by atoms with Crippen LogP contribution in [0, 0.1) is 0 Å². The zero-order chi connectivity index (χ0) is 20.7. The van der Waals surface area contributed by atoms with Crippen LogP contribution in [-0.4, -0.2) is 23.0 Å². The lowest BCUT2D eigenvalue weighted by atomic mass is 10.1. The van der Waals surface area contributed by atoms with Gasteiger partial charge < -0.3 is 9.52 Å². The van der Waals surface area contributed by atoms with Crippen LogP contribution in [0.4, 0.5) is 10.5 Å². The molecule has 2 heterocycles. The van der Waals surface area contributed by atoms with Gasteiger partial charge in [-0.05, 0) is 48.5 Å². The van der Waals surface area contributed by atoms with E-state index in [9.17, 15) is 24.3 Å². The molecule has 8 nitrogen and oxygen atoms in total. The van der Waals surface area contributed by atoms with E-state index in [0.717, 1.165) is 17.2 Å². The maximum absolute atomic E-state index is 12.8. The zero-order valence-corrected chi connectivity index (χ0v) is 15.3. The molecule has 0 bridgehead atoms. The van der Waals surface area contributed by atoms with Crippen LogP contribution >= 0.6 is 11.6 Å². The topological polar surface area (TPSA) is 117 Å². The second-order valence-electron chi connectivity index (χ2n) is 6.13. The molecule has 1 aromatic heterocycles. The number of phenols is 1. The Hall–Kier alpha value is -3.91. The number of carbonyl (C=O) groups excluding carboxylic acids is 3. The largest absolute Gasteiger partial charge is 0.508 e. The van der Waals surface area contributed by atoms with E-state index in [4.69, 9.17) is 16.0 Å². The second-order valence-corrected chi connectivity index (χ2v) is 6.57. The fourth-order valence-corrected chi connectivity index (χ4v) is 3.00. The number of anilines is 1. The number of halogens is 1.